The Morgan fingerprint density at radius 1 is 1.43 bits per heavy atom. The number of carbonyl (C=O) groups excluding carboxylic acids is 2. The lowest BCUT2D eigenvalue weighted by Crippen LogP contribution is -2.35. The number of likely N-dealkylation sites (N-methyl/N-ethyl adjacent to an activating group) is 1. The topological polar surface area (TPSA) is 114 Å². The van der Waals surface area contributed by atoms with Crippen LogP contribution in [-0.2, 0) is 4.79 Å². The first-order chi connectivity index (χ1) is 13.3. The number of aliphatic hydroxyl groups excluding tert-OH is 1. The maximum absolute atomic E-state index is 11.9. The summed E-state index contributed by atoms with van der Waals surface area (Å²) in [5, 5.41) is 15.0. The molecule has 3 aromatic rings. The summed E-state index contributed by atoms with van der Waals surface area (Å²) < 4.78 is 2.17. The van der Waals surface area contributed by atoms with Crippen molar-refractivity contribution < 1.29 is 14.7 Å². The van der Waals surface area contributed by atoms with Crippen LogP contribution in [0.4, 0.5) is 0 Å². The SMILES string of the molecule is CCN(C)C(=O)C(O)C#Cc1cccc(-n2nc(C(N)=O)c3sc(C)nc32)c1. The zero-order valence-corrected chi connectivity index (χ0v) is 16.4. The molecule has 2 heterocycles. The van der Waals surface area contributed by atoms with E-state index in [9.17, 15) is 14.7 Å². The number of amides is 2. The Morgan fingerprint density at radius 3 is 2.86 bits per heavy atom. The van der Waals surface area contributed by atoms with Crippen LogP contribution in [0.3, 0.4) is 0 Å². The van der Waals surface area contributed by atoms with Gasteiger partial charge in [-0.15, -0.1) is 11.3 Å². The number of nitrogens with two attached hydrogens (primary N) is 1. The lowest BCUT2D eigenvalue weighted by atomic mass is 10.2. The monoisotopic (exact) mass is 397 g/mol. The van der Waals surface area contributed by atoms with E-state index in [1.54, 1.807) is 31.3 Å². The van der Waals surface area contributed by atoms with E-state index in [-0.39, 0.29) is 5.69 Å². The largest absolute Gasteiger partial charge is 0.372 e. The van der Waals surface area contributed by atoms with E-state index in [4.69, 9.17) is 5.73 Å². The highest BCUT2D eigenvalue weighted by molar-refractivity contribution is 7.18. The number of benzene rings is 1. The van der Waals surface area contributed by atoms with Gasteiger partial charge in [0.25, 0.3) is 11.8 Å². The maximum Gasteiger partial charge on any atom is 0.270 e. The zero-order valence-electron chi connectivity index (χ0n) is 15.6. The summed E-state index contributed by atoms with van der Waals surface area (Å²) in [5.74, 6) is 4.28. The molecule has 3 N–H and O–H groups in total. The molecule has 2 aromatic heterocycles. The van der Waals surface area contributed by atoms with Gasteiger partial charge >= 0.3 is 0 Å². The third-order valence-corrected chi connectivity index (χ3v) is 5.06. The second-order valence-corrected chi connectivity index (χ2v) is 7.29. The molecule has 0 aliphatic heterocycles. The van der Waals surface area contributed by atoms with Crippen LogP contribution in [0.5, 0.6) is 0 Å². The quantitative estimate of drug-likeness (QED) is 0.640. The number of hydrogen-bond acceptors (Lipinski definition) is 6. The first-order valence-electron chi connectivity index (χ1n) is 8.52. The lowest BCUT2D eigenvalue weighted by Gasteiger charge is -2.15. The van der Waals surface area contributed by atoms with Crippen molar-refractivity contribution in [2.45, 2.75) is 20.0 Å². The van der Waals surface area contributed by atoms with Crippen molar-refractivity contribution in [2.24, 2.45) is 5.73 Å². The summed E-state index contributed by atoms with van der Waals surface area (Å²) in [6.07, 6.45) is -1.40. The first kappa shape index (κ1) is 19.5. The van der Waals surface area contributed by atoms with E-state index >= 15 is 0 Å². The number of aryl methyl sites for hydroxylation is 1. The number of rotatable bonds is 4. The highest BCUT2D eigenvalue weighted by atomic mass is 32.1. The van der Waals surface area contributed by atoms with Crippen LogP contribution < -0.4 is 5.73 Å². The van der Waals surface area contributed by atoms with Gasteiger partial charge in [-0.25, -0.2) is 9.67 Å². The Hall–Kier alpha value is -3.22. The van der Waals surface area contributed by atoms with E-state index < -0.39 is 17.9 Å². The van der Waals surface area contributed by atoms with Crippen molar-refractivity contribution in [3.05, 3.63) is 40.5 Å². The zero-order chi connectivity index (χ0) is 20.4. The van der Waals surface area contributed by atoms with Crippen LogP contribution in [-0.4, -0.2) is 56.3 Å². The van der Waals surface area contributed by atoms with E-state index in [0.717, 1.165) is 5.01 Å². The van der Waals surface area contributed by atoms with Crippen LogP contribution in [0.25, 0.3) is 16.0 Å². The molecule has 0 aliphatic rings. The fourth-order valence-corrected chi connectivity index (χ4v) is 3.43. The van der Waals surface area contributed by atoms with Gasteiger partial charge < -0.3 is 15.7 Å². The van der Waals surface area contributed by atoms with Gasteiger partial charge in [-0.3, -0.25) is 9.59 Å². The third-order valence-electron chi connectivity index (χ3n) is 4.09. The molecule has 28 heavy (non-hydrogen) atoms. The number of nitrogens with zero attached hydrogens (tertiary/aromatic N) is 4. The fraction of sp³-hybridized carbons (Fsp3) is 0.263. The van der Waals surface area contributed by atoms with E-state index in [1.807, 2.05) is 13.8 Å². The molecule has 0 radical (unpaired) electrons. The summed E-state index contributed by atoms with van der Waals surface area (Å²) in [5.41, 5.74) is 7.37. The normalized spacial score (nSPS) is 11.7. The average molecular weight is 397 g/mol. The van der Waals surface area contributed by atoms with Gasteiger partial charge in [-0.2, -0.15) is 5.10 Å². The molecule has 2 amide bonds. The molecule has 1 atom stereocenters. The highest BCUT2D eigenvalue weighted by Crippen LogP contribution is 2.27. The van der Waals surface area contributed by atoms with Crippen molar-refractivity contribution in [2.75, 3.05) is 13.6 Å². The van der Waals surface area contributed by atoms with Gasteiger partial charge in [0, 0.05) is 19.2 Å². The number of thiazole rings is 1. The molecule has 0 saturated heterocycles. The second-order valence-electron chi connectivity index (χ2n) is 6.08. The van der Waals surface area contributed by atoms with E-state index in [2.05, 4.69) is 21.9 Å². The summed E-state index contributed by atoms with van der Waals surface area (Å²) in [6, 6.07) is 7.05. The van der Waals surface area contributed by atoms with Crippen LogP contribution in [0.1, 0.15) is 28.0 Å². The van der Waals surface area contributed by atoms with Gasteiger partial charge in [-0.05, 0) is 32.0 Å². The van der Waals surface area contributed by atoms with Gasteiger partial charge in [0.05, 0.1) is 10.7 Å². The molecular weight excluding hydrogens is 378 g/mol. The molecule has 0 fully saturated rings. The molecule has 0 saturated carbocycles. The van der Waals surface area contributed by atoms with Crippen molar-refractivity contribution >= 4 is 33.5 Å². The minimum absolute atomic E-state index is 0.167. The van der Waals surface area contributed by atoms with Gasteiger partial charge in [-0.1, -0.05) is 17.9 Å². The Labute approximate surface area is 165 Å². The maximum atomic E-state index is 11.9. The fourth-order valence-electron chi connectivity index (χ4n) is 2.54. The molecule has 144 valence electrons. The molecule has 0 aliphatic carbocycles. The number of fused-ring (bicyclic) bond motifs is 1. The third kappa shape index (κ3) is 3.74. The lowest BCUT2D eigenvalue weighted by molar-refractivity contribution is -0.135. The van der Waals surface area contributed by atoms with E-state index in [0.29, 0.717) is 28.1 Å². The molecular formula is C19H19N5O3S. The number of primary amides is 1. The molecule has 1 unspecified atom stereocenters. The minimum atomic E-state index is -1.40. The summed E-state index contributed by atoms with van der Waals surface area (Å²) in [4.78, 5) is 29.4. The summed E-state index contributed by atoms with van der Waals surface area (Å²) in [6.45, 7) is 4.14. The van der Waals surface area contributed by atoms with Crippen molar-refractivity contribution in [3.63, 3.8) is 0 Å². The molecule has 3 rings (SSSR count). The summed E-state index contributed by atoms with van der Waals surface area (Å²) >= 11 is 1.35. The first-order valence-corrected chi connectivity index (χ1v) is 9.34. The minimum Gasteiger partial charge on any atom is -0.372 e. The smallest absolute Gasteiger partial charge is 0.270 e. The Kier molecular flexibility index (Phi) is 5.44. The Bertz CT molecular complexity index is 1120. The number of carbonyl (C=O) groups is 2. The molecule has 0 bridgehead atoms. The highest BCUT2D eigenvalue weighted by Gasteiger charge is 2.20. The Morgan fingerprint density at radius 2 is 2.18 bits per heavy atom. The van der Waals surface area contributed by atoms with Crippen molar-refractivity contribution in [1.29, 1.82) is 0 Å². The van der Waals surface area contributed by atoms with Gasteiger partial charge in [0.2, 0.25) is 0 Å². The van der Waals surface area contributed by atoms with Crippen LogP contribution >= 0.6 is 11.3 Å². The predicted molar refractivity (Wildman–Crippen MR) is 106 cm³/mol. The van der Waals surface area contributed by atoms with Crippen molar-refractivity contribution in [3.8, 4) is 17.5 Å². The molecule has 1 aromatic carbocycles. The average Bonchev–Trinajstić information content (AvgIpc) is 3.22. The standard InChI is InChI=1S/C19H19N5O3S/c1-4-23(3)19(27)14(25)9-8-12-6-5-7-13(10-12)24-18-16(28-11(2)21-18)15(22-24)17(20)26/h5-7,10,14,25H,4H2,1-3H3,(H2,20,26). The molecule has 0 spiro atoms. The number of hydrogen-bond donors (Lipinski definition) is 2. The number of aromatic nitrogens is 3. The predicted octanol–water partition coefficient (Wildman–Crippen LogP) is 1.08. The second kappa shape index (κ2) is 7.80. The molecule has 8 nitrogen and oxygen atoms in total. The van der Waals surface area contributed by atoms with Crippen LogP contribution in [0.15, 0.2) is 24.3 Å². The summed E-state index contributed by atoms with van der Waals surface area (Å²) in [7, 11) is 1.60. The number of aliphatic hydroxyl groups is 1. The van der Waals surface area contributed by atoms with Crippen LogP contribution in [0, 0.1) is 18.8 Å². The van der Waals surface area contributed by atoms with Gasteiger partial charge in [0.1, 0.15) is 4.70 Å². The van der Waals surface area contributed by atoms with Crippen molar-refractivity contribution in [1.82, 2.24) is 19.7 Å². The Balaban J connectivity index is 1.97. The van der Waals surface area contributed by atoms with Crippen LogP contribution in [0.2, 0.25) is 0 Å². The van der Waals surface area contributed by atoms with Gasteiger partial charge in [0.15, 0.2) is 17.4 Å². The molecule has 9 heteroatoms. The van der Waals surface area contributed by atoms with E-state index in [1.165, 1.54) is 20.9 Å².